The highest BCUT2D eigenvalue weighted by Crippen LogP contribution is 2.35. The van der Waals surface area contributed by atoms with Crippen LogP contribution in [0, 0.1) is 10.1 Å². The number of fused-ring (bicyclic) bond motifs is 1. The minimum absolute atomic E-state index is 0.105. The van der Waals surface area contributed by atoms with Gasteiger partial charge in [-0.15, -0.1) is 0 Å². The third kappa shape index (κ3) is 3.06. The molecule has 0 amide bonds. The Balaban J connectivity index is 1.88. The zero-order chi connectivity index (χ0) is 17.1. The summed E-state index contributed by atoms with van der Waals surface area (Å²) < 4.78 is 9.56. The number of benzene rings is 2. The molecule has 0 N–H and O–H groups in total. The van der Waals surface area contributed by atoms with Crippen LogP contribution >= 0.6 is 11.8 Å². The van der Waals surface area contributed by atoms with Crippen LogP contribution in [-0.2, 0) is 4.74 Å². The van der Waals surface area contributed by atoms with Gasteiger partial charge >= 0.3 is 11.7 Å². The first-order valence-electron chi connectivity index (χ1n) is 6.95. The average Bonchev–Trinajstić information content (AvgIpc) is 3.05. The van der Waals surface area contributed by atoms with Crippen molar-refractivity contribution in [3.63, 3.8) is 0 Å². The third-order valence-corrected chi connectivity index (χ3v) is 4.20. The Kier molecular flexibility index (Phi) is 4.43. The summed E-state index contributed by atoms with van der Waals surface area (Å²) in [6, 6.07) is 9.79. The van der Waals surface area contributed by atoms with Gasteiger partial charge in [-0.2, -0.15) is 0 Å². The standard InChI is InChI=1S/C15H11N3O5S/c1-2-22-15(19)9-3-5-10(6-4-9)24-12-8-7-11(18(20)21)13-14(12)17-23-16-13/h3-8H,2H2,1H3. The predicted octanol–water partition coefficient (Wildman–Crippen LogP) is 3.46. The normalized spacial score (nSPS) is 10.7. The van der Waals surface area contributed by atoms with E-state index >= 15 is 0 Å². The van der Waals surface area contributed by atoms with Crippen molar-refractivity contribution in [1.82, 2.24) is 10.3 Å². The SMILES string of the molecule is CCOC(=O)c1ccc(Sc2ccc([N+](=O)[O-])c3nonc23)cc1. The van der Waals surface area contributed by atoms with Gasteiger partial charge in [0.25, 0.3) is 0 Å². The van der Waals surface area contributed by atoms with E-state index in [1.807, 2.05) is 0 Å². The first-order chi connectivity index (χ1) is 11.6. The molecule has 0 spiro atoms. The number of aromatic nitrogens is 2. The van der Waals surface area contributed by atoms with Gasteiger partial charge in [0.15, 0.2) is 5.52 Å². The highest BCUT2D eigenvalue weighted by atomic mass is 32.2. The molecule has 24 heavy (non-hydrogen) atoms. The number of rotatable bonds is 5. The number of hydrogen-bond acceptors (Lipinski definition) is 8. The van der Waals surface area contributed by atoms with Crippen molar-refractivity contribution in [2.75, 3.05) is 6.61 Å². The molecule has 0 fully saturated rings. The molecule has 122 valence electrons. The van der Waals surface area contributed by atoms with Crippen molar-refractivity contribution in [2.24, 2.45) is 0 Å². The van der Waals surface area contributed by atoms with E-state index in [-0.39, 0.29) is 17.2 Å². The molecular weight excluding hydrogens is 334 g/mol. The highest BCUT2D eigenvalue weighted by molar-refractivity contribution is 7.99. The summed E-state index contributed by atoms with van der Waals surface area (Å²) >= 11 is 1.34. The lowest BCUT2D eigenvalue weighted by atomic mass is 10.2. The van der Waals surface area contributed by atoms with Crippen LogP contribution in [0.2, 0.25) is 0 Å². The van der Waals surface area contributed by atoms with E-state index in [2.05, 4.69) is 14.9 Å². The van der Waals surface area contributed by atoms with Gasteiger partial charge in [-0.25, -0.2) is 9.42 Å². The van der Waals surface area contributed by atoms with Crippen LogP contribution in [0.4, 0.5) is 5.69 Å². The van der Waals surface area contributed by atoms with Crippen molar-refractivity contribution in [2.45, 2.75) is 16.7 Å². The average molecular weight is 345 g/mol. The highest BCUT2D eigenvalue weighted by Gasteiger charge is 2.20. The molecule has 1 heterocycles. The van der Waals surface area contributed by atoms with E-state index in [0.29, 0.717) is 22.6 Å². The number of non-ortho nitro benzene ring substituents is 1. The zero-order valence-corrected chi connectivity index (χ0v) is 13.3. The number of ether oxygens (including phenoxy) is 1. The lowest BCUT2D eigenvalue weighted by Crippen LogP contribution is -2.03. The monoisotopic (exact) mass is 345 g/mol. The number of nitrogens with zero attached hydrogens (tertiary/aromatic N) is 3. The minimum atomic E-state index is -0.533. The van der Waals surface area contributed by atoms with Crippen molar-refractivity contribution in [3.05, 3.63) is 52.1 Å². The molecule has 0 radical (unpaired) electrons. The zero-order valence-electron chi connectivity index (χ0n) is 12.5. The maximum Gasteiger partial charge on any atom is 0.338 e. The maximum absolute atomic E-state index is 11.6. The van der Waals surface area contributed by atoms with E-state index in [1.165, 1.54) is 17.8 Å². The maximum atomic E-state index is 11.6. The number of esters is 1. The quantitative estimate of drug-likeness (QED) is 0.393. The molecule has 9 heteroatoms. The topological polar surface area (TPSA) is 108 Å². The van der Waals surface area contributed by atoms with Gasteiger partial charge in [0, 0.05) is 15.9 Å². The van der Waals surface area contributed by atoms with Crippen molar-refractivity contribution in [1.29, 1.82) is 0 Å². The molecule has 0 aliphatic carbocycles. The molecule has 3 aromatic rings. The fourth-order valence-electron chi connectivity index (χ4n) is 2.06. The second kappa shape index (κ2) is 6.67. The molecule has 2 aromatic carbocycles. The van der Waals surface area contributed by atoms with Crippen molar-refractivity contribution < 1.29 is 19.1 Å². The minimum Gasteiger partial charge on any atom is -0.462 e. The van der Waals surface area contributed by atoms with Gasteiger partial charge in [0.1, 0.15) is 0 Å². The van der Waals surface area contributed by atoms with Crippen molar-refractivity contribution >= 4 is 34.5 Å². The Morgan fingerprint density at radius 1 is 1.21 bits per heavy atom. The van der Waals surface area contributed by atoms with Gasteiger partial charge in [-0.3, -0.25) is 10.1 Å². The van der Waals surface area contributed by atoms with E-state index in [1.54, 1.807) is 37.3 Å². The first kappa shape index (κ1) is 15.9. The molecule has 0 aliphatic rings. The molecule has 3 rings (SSSR count). The lowest BCUT2D eigenvalue weighted by Gasteiger charge is -2.04. The summed E-state index contributed by atoms with van der Waals surface area (Å²) in [7, 11) is 0. The van der Waals surface area contributed by atoms with Gasteiger partial charge in [-0.05, 0) is 47.6 Å². The molecule has 1 aromatic heterocycles. The summed E-state index contributed by atoms with van der Waals surface area (Å²) in [5.41, 5.74) is 0.725. The molecule has 8 nitrogen and oxygen atoms in total. The molecule has 0 aliphatic heterocycles. The second-order valence-electron chi connectivity index (χ2n) is 4.65. The number of nitro groups is 1. The predicted molar refractivity (Wildman–Crippen MR) is 85.0 cm³/mol. The summed E-state index contributed by atoms with van der Waals surface area (Å²) in [6.07, 6.45) is 0. The smallest absolute Gasteiger partial charge is 0.338 e. The van der Waals surface area contributed by atoms with Crippen LogP contribution in [0.3, 0.4) is 0 Å². The van der Waals surface area contributed by atoms with Crippen LogP contribution < -0.4 is 0 Å². The number of carbonyl (C=O) groups excluding carboxylic acids is 1. The second-order valence-corrected chi connectivity index (χ2v) is 5.76. The molecule has 0 unspecified atom stereocenters. The molecule has 0 bridgehead atoms. The Bertz CT molecular complexity index is 907. The molecule has 0 saturated carbocycles. The Morgan fingerprint density at radius 3 is 2.58 bits per heavy atom. The van der Waals surface area contributed by atoms with Gasteiger partial charge in [0.05, 0.1) is 17.1 Å². The summed E-state index contributed by atoms with van der Waals surface area (Å²) in [5, 5.41) is 18.3. The van der Waals surface area contributed by atoms with Gasteiger partial charge in [-0.1, -0.05) is 11.8 Å². The van der Waals surface area contributed by atoms with Gasteiger partial charge < -0.3 is 4.74 Å². The van der Waals surface area contributed by atoms with E-state index in [4.69, 9.17) is 4.74 Å². The first-order valence-corrected chi connectivity index (χ1v) is 7.76. The van der Waals surface area contributed by atoms with Crippen LogP contribution in [-0.4, -0.2) is 27.8 Å². The largest absolute Gasteiger partial charge is 0.462 e. The number of nitro benzene ring substituents is 1. The van der Waals surface area contributed by atoms with E-state index < -0.39 is 4.92 Å². The fraction of sp³-hybridized carbons (Fsp3) is 0.133. The summed E-state index contributed by atoms with van der Waals surface area (Å²) in [6.45, 7) is 2.06. The molecular formula is C15H11N3O5S. The molecule has 0 saturated heterocycles. The lowest BCUT2D eigenvalue weighted by molar-refractivity contribution is -0.383. The van der Waals surface area contributed by atoms with Crippen LogP contribution in [0.1, 0.15) is 17.3 Å². The Morgan fingerprint density at radius 2 is 1.92 bits per heavy atom. The van der Waals surface area contributed by atoms with E-state index in [0.717, 1.165) is 4.90 Å². The van der Waals surface area contributed by atoms with E-state index in [9.17, 15) is 14.9 Å². The van der Waals surface area contributed by atoms with Crippen molar-refractivity contribution in [3.8, 4) is 0 Å². The van der Waals surface area contributed by atoms with Crippen LogP contribution in [0.15, 0.2) is 50.8 Å². The van der Waals surface area contributed by atoms with Gasteiger partial charge in [0.2, 0.25) is 5.52 Å². The summed E-state index contributed by atoms with van der Waals surface area (Å²) in [4.78, 5) is 23.6. The number of carbonyl (C=O) groups is 1. The van der Waals surface area contributed by atoms with Crippen LogP contribution in [0.25, 0.3) is 11.0 Å². The third-order valence-electron chi connectivity index (χ3n) is 3.15. The molecule has 0 atom stereocenters. The number of hydrogen-bond donors (Lipinski definition) is 0. The Labute approximate surface area is 139 Å². The van der Waals surface area contributed by atoms with Crippen LogP contribution in [0.5, 0.6) is 0 Å². The summed E-state index contributed by atoms with van der Waals surface area (Å²) in [5.74, 6) is -0.382. The Hall–Kier alpha value is -2.94. The fourth-order valence-corrected chi connectivity index (χ4v) is 2.95.